The van der Waals surface area contributed by atoms with Crippen LogP contribution in [-0.2, 0) is 10.2 Å². The van der Waals surface area contributed by atoms with Crippen LogP contribution in [0.1, 0.15) is 63.9 Å². The van der Waals surface area contributed by atoms with Crippen molar-refractivity contribution < 1.29 is 9.53 Å². The Kier molecular flexibility index (Phi) is 8.79. The molecule has 1 aliphatic heterocycles. The first kappa shape index (κ1) is 25.3. The van der Waals surface area contributed by atoms with Crippen molar-refractivity contribution in [1.29, 1.82) is 0 Å². The molecule has 0 spiro atoms. The van der Waals surface area contributed by atoms with E-state index in [1.165, 1.54) is 25.9 Å². The summed E-state index contributed by atoms with van der Waals surface area (Å²) < 4.78 is 5.95. The van der Waals surface area contributed by atoms with Crippen molar-refractivity contribution in [2.45, 2.75) is 63.7 Å². The number of nitrogens with one attached hydrogen (secondary N) is 1. The fourth-order valence-corrected chi connectivity index (χ4v) is 6.09. The minimum absolute atomic E-state index is 0.000788. The van der Waals surface area contributed by atoms with E-state index in [0.29, 0.717) is 16.7 Å². The van der Waals surface area contributed by atoms with Gasteiger partial charge in [0.2, 0.25) is 5.91 Å². The van der Waals surface area contributed by atoms with Crippen LogP contribution in [0.25, 0.3) is 0 Å². The van der Waals surface area contributed by atoms with E-state index in [1.54, 1.807) is 6.07 Å². The summed E-state index contributed by atoms with van der Waals surface area (Å²) in [5.74, 6) is 1.64. The van der Waals surface area contributed by atoms with Crippen LogP contribution in [0.3, 0.4) is 0 Å². The number of halogens is 2. The zero-order valence-corrected chi connectivity index (χ0v) is 21.6. The molecular formula is C28H36Cl2N2O2. The molecule has 0 radical (unpaired) electrons. The summed E-state index contributed by atoms with van der Waals surface area (Å²) in [6.07, 6.45) is 8.42. The first-order valence-corrected chi connectivity index (χ1v) is 13.4. The molecule has 4 rings (SSSR count). The molecule has 2 fully saturated rings. The number of hydrogen-bond donors (Lipinski definition) is 1. The van der Waals surface area contributed by atoms with Gasteiger partial charge in [0.25, 0.3) is 0 Å². The second-order valence-corrected chi connectivity index (χ2v) is 10.8. The Bertz CT molecular complexity index is 957. The smallest absolute Gasteiger partial charge is 0.235 e. The van der Waals surface area contributed by atoms with Crippen molar-refractivity contribution >= 4 is 34.8 Å². The lowest BCUT2D eigenvalue weighted by atomic mass is 9.68. The highest BCUT2D eigenvalue weighted by atomic mass is 35.5. The van der Waals surface area contributed by atoms with E-state index in [2.05, 4.69) is 17.1 Å². The number of carbonyl (C=O) groups excluding carboxylic acids is 1. The fourth-order valence-electron chi connectivity index (χ4n) is 5.50. The van der Waals surface area contributed by atoms with Crippen molar-refractivity contribution in [3.8, 4) is 5.75 Å². The average Bonchev–Trinajstić information content (AvgIpc) is 2.83. The van der Waals surface area contributed by atoms with Crippen LogP contribution in [-0.4, -0.2) is 37.0 Å². The molecule has 184 valence electrons. The Hall–Kier alpha value is -1.75. The van der Waals surface area contributed by atoms with Gasteiger partial charge in [-0.25, -0.2) is 0 Å². The van der Waals surface area contributed by atoms with Crippen LogP contribution in [0.2, 0.25) is 10.0 Å². The summed E-state index contributed by atoms with van der Waals surface area (Å²) in [6.45, 7) is 6.55. The molecule has 0 bridgehead atoms. The van der Waals surface area contributed by atoms with Gasteiger partial charge < -0.3 is 15.0 Å². The van der Waals surface area contributed by atoms with Gasteiger partial charge in [-0.15, -0.1) is 0 Å². The van der Waals surface area contributed by atoms with Crippen LogP contribution in [0.5, 0.6) is 5.75 Å². The highest BCUT2D eigenvalue weighted by Gasteiger charge is 2.42. The first-order chi connectivity index (χ1) is 16.5. The number of rotatable bonds is 8. The summed E-state index contributed by atoms with van der Waals surface area (Å²) >= 11 is 12.7. The number of carbonyl (C=O) groups is 1. The Labute approximate surface area is 214 Å². The van der Waals surface area contributed by atoms with E-state index in [9.17, 15) is 4.79 Å². The largest absolute Gasteiger partial charge is 0.494 e. The van der Waals surface area contributed by atoms with E-state index >= 15 is 0 Å². The number of likely N-dealkylation sites (tertiary alicyclic amines) is 1. The third-order valence-electron chi connectivity index (χ3n) is 7.33. The Balaban J connectivity index is 1.33. The van der Waals surface area contributed by atoms with Crippen LogP contribution in [0, 0.1) is 5.92 Å². The molecule has 1 atom stereocenters. The highest BCUT2D eigenvalue weighted by Crippen LogP contribution is 2.44. The molecule has 1 heterocycles. The minimum atomic E-state index is -0.624. The summed E-state index contributed by atoms with van der Waals surface area (Å²) in [5.41, 5.74) is 1.02. The van der Waals surface area contributed by atoms with E-state index in [-0.39, 0.29) is 5.91 Å². The number of amides is 1. The maximum Gasteiger partial charge on any atom is 0.235 e. The molecule has 2 aromatic rings. The molecule has 6 heteroatoms. The van der Waals surface area contributed by atoms with Crippen LogP contribution in [0.4, 0.5) is 5.69 Å². The summed E-state index contributed by atoms with van der Waals surface area (Å²) in [7, 11) is 0. The standard InChI is InChI=1S/C28H36Cl2N2O2/c1-21-7-5-16-32(20-21)17-6-18-34-24-11-9-23(10-12-24)31-27(33)28(14-3-2-4-15-28)25-13-8-22(29)19-26(25)30/h8-13,19,21H,2-7,14-18,20H2,1H3,(H,31,33)/t21-/m1/s1. The number of hydrogen-bond acceptors (Lipinski definition) is 3. The van der Waals surface area contributed by atoms with Gasteiger partial charge in [-0.2, -0.15) is 0 Å². The maximum atomic E-state index is 13.6. The van der Waals surface area contributed by atoms with E-state index in [1.807, 2.05) is 36.4 Å². The lowest BCUT2D eigenvalue weighted by molar-refractivity contribution is -0.122. The molecule has 0 aromatic heterocycles. The topological polar surface area (TPSA) is 41.6 Å². The monoisotopic (exact) mass is 502 g/mol. The second kappa shape index (κ2) is 11.8. The zero-order valence-electron chi connectivity index (χ0n) is 20.1. The summed E-state index contributed by atoms with van der Waals surface area (Å²) in [6, 6.07) is 13.2. The van der Waals surface area contributed by atoms with Gasteiger partial charge in [0, 0.05) is 28.8 Å². The maximum absolute atomic E-state index is 13.6. The number of benzene rings is 2. The van der Waals surface area contributed by atoms with Crippen LogP contribution < -0.4 is 10.1 Å². The van der Waals surface area contributed by atoms with Gasteiger partial charge >= 0.3 is 0 Å². The van der Waals surface area contributed by atoms with Gasteiger partial charge in [0.05, 0.1) is 12.0 Å². The number of piperidine rings is 1. The molecule has 1 saturated heterocycles. The quantitative estimate of drug-likeness (QED) is 0.384. The lowest BCUT2D eigenvalue weighted by Gasteiger charge is -2.37. The second-order valence-electron chi connectivity index (χ2n) is 10.00. The van der Waals surface area contributed by atoms with Gasteiger partial charge in [-0.1, -0.05) is 55.5 Å². The molecule has 2 aromatic carbocycles. The fraction of sp³-hybridized carbons (Fsp3) is 0.536. The van der Waals surface area contributed by atoms with Crippen molar-refractivity contribution in [2.24, 2.45) is 5.92 Å². The SMILES string of the molecule is C[C@@H]1CCCN(CCCOc2ccc(NC(=O)C3(c4ccc(Cl)cc4Cl)CCCCC3)cc2)C1. The summed E-state index contributed by atoms with van der Waals surface area (Å²) in [5, 5.41) is 4.29. The van der Waals surface area contributed by atoms with Crippen LogP contribution in [0.15, 0.2) is 42.5 Å². The van der Waals surface area contributed by atoms with Crippen molar-refractivity contribution in [2.75, 3.05) is 31.6 Å². The zero-order chi connectivity index (χ0) is 24.0. The summed E-state index contributed by atoms with van der Waals surface area (Å²) in [4.78, 5) is 16.1. The number of nitrogens with zero attached hydrogens (tertiary/aromatic N) is 1. The Morgan fingerprint density at radius 1 is 1.09 bits per heavy atom. The molecule has 0 unspecified atom stereocenters. The molecule has 4 nitrogen and oxygen atoms in total. The molecule has 1 amide bonds. The van der Waals surface area contributed by atoms with Gasteiger partial charge in [0.1, 0.15) is 5.75 Å². The average molecular weight is 504 g/mol. The van der Waals surface area contributed by atoms with Crippen LogP contribution >= 0.6 is 23.2 Å². The third kappa shape index (κ3) is 6.27. The predicted octanol–water partition coefficient (Wildman–Crippen LogP) is 7.33. The van der Waals surface area contributed by atoms with Gasteiger partial charge in [-0.3, -0.25) is 4.79 Å². The van der Waals surface area contributed by atoms with Crippen molar-refractivity contribution in [1.82, 2.24) is 4.90 Å². The van der Waals surface area contributed by atoms with E-state index in [4.69, 9.17) is 27.9 Å². The first-order valence-electron chi connectivity index (χ1n) is 12.7. The van der Waals surface area contributed by atoms with E-state index < -0.39 is 5.41 Å². The Morgan fingerprint density at radius 3 is 2.56 bits per heavy atom. The normalized spacial score (nSPS) is 20.6. The minimum Gasteiger partial charge on any atom is -0.494 e. The van der Waals surface area contributed by atoms with E-state index in [0.717, 1.165) is 68.0 Å². The number of anilines is 1. The molecule has 1 N–H and O–H groups in total. The molecular weight excluding hydrogens is 467 g/mol. The third-order valence-corrected chi connectivity index (χ3v) is 7.88. The molecule has 1 saturated carbocycles. The lowest BCUT2D eigenvalue weighted by Crippen LogP contribution is -2.42. The van der Waals surface area contributed by atoms with Gasteiger partial charge in [0.15, 0.2) is 0 Å². The molecule has 2 aliphatic rings. The highest BCUT2D eigenvalue weighted by molar-refractivity contribution is 6.35. The number of ether oxygens (including phenoxy) is 1. The molecule has 34 heavy (non-hydrogen) atoms. The molecule has 1 aliphatic carbocycles. The van der Waals surface area contributed by atoms with Crippen molar-refractivity contribution in [3.05, 3.63) is 58.1 Å². The van der Waals surface area contributed by atoms with Crippen molar-refractivity contribution in [3.63, 3.8) is 0 Å². The Morgan fingerprint density at radius 2 is 1.85 bits per heavy atom. The predicted molar refractivity (Wildman–Crippen MR) is 141 cm³/mol. The van der Waals surface area contributed by atoms with Gasteiger partial charge in [-0.05, 0) is 86.5 Å².